The van der Waals surface area contributed by atoms with E-state index in [0.717, 1.165) is 0 Å². The minimum Gasteiger partial charge on any atom is -0.481 e. The van der Waals surface area contributed by atoms with Gasteiger partial charge in [0, 0.05) is 12.1 Å². The van der Waals surface area contributed by atoms with Crippen molar-refractivity contribution in [3.8, 4) is 5.88 Å². The second kappa shape index (κ2) is 9.12. The number of esters is 1. The Morgan fingerprint density at radius 1 is 1.17 bits per heavy atom. The molecule has 0 saturated carbocycles. The molecule has 10 heteroatoms. The van der Waals surface area contributed by atoms with E-state index in [1.807, 2.05) is 6.92 Å². The summed E-state index contributed by atoms with van der Waals surface area (Å²) >= 11 is 0. The number of anilines is 1. The van der Waals surface area contributed by atoms with Crippen molar-refractivity contribution in [2.24, 2.45) is 5.73 Å². The molecule has 3 unspecified atom stereocenters. The molecule has 3 rings (SSSR count). The second-order valence-corrected chi connectivity index (χ2v) is 6.65. The molecule has 0 aromatic carbocycles. The lowest BCUT2D eigenvalue weighted by molar-refractivity contribution is 0.0519. The van der Waals surface area contributed by atoms with Crippen molar-refractivity contribution in [3.05, 3.63) is 35.7 Å². The molecule has 0 spiro atoms. The molecule has 1 aliphatic rings. The fraction of sp³-hybridized carbons (Fsp3) is 0.500. The maximum absolute atomic E-state index is 12.7. The van der Waals surface area contributed by atoms with Gasteiger partial charge in [-0.1, -0.05) is 6.92 Å². The highest BCUT2D eigenvalue weighted by Gasteiger charge is 2.45. The van der Waals surface area contributed by atoms with Crippen LogP contribution in [0.1, 0.15) is 55.2 Å². The maximum atomic E-state index is 12.7. The molecule has 0 saturated heterocycles. The van der Waals surface area contributed by atoms with Crippen LogP contribution in [0.15, 0.2) is 22.8 Å². The molecule has 1 aliphatic heterocycles. The van der Waals surface area contributed by atoms with Gasteiger partial charge in [-0.2, -0.15) is 0 Å². The fourth-order valence-electron chi connectivity index (χ4n) is 3.64. The van der Waals surface area contributed by atoms with Crippen LogP contribution in [-0.4, -0.2) is 54.4 Å². The van der Waals surface area contributed by atoms with Crippen molar-refractivity contribution in [2.75, 3.05) is 25.2 Å². The zero-order chi connectivity index (χ0) is 21.8. The highest BCUT2D eigenvalue weighted by atomic mass is 16.6. The molecule has 0 aliphatic carbocycles. The number of fused-ring (bicyclic) bond motifs is 1. The standard InChI is InChI=1S/C20H26N4O6/c1-5-12-16(21)15(18-22-11(10-30-18)19(25)28-6-2)17-13(8-9-14(23-17)27-4)24(12)20(26)29-7-3/h8-10,12,15-16H,5-7,21H2,1-4H3. The molecule has 0 radical (unpaired) electrons. The first-order chi connectivity index (χ1) is 14.5. The number of ether oxygens (including phenoxy) is 3. The lowest BCUT2D eigenvalue weighted by Crippen LogP contribution is -2.57. The summed E-state index contributed by atoms with van der Waals surface area (Å²) in [6.45, 7) is 5.82. The third-order valence-corrected chi connectivity index (χ3v) is 4.96. The van der Waals surface area contributed by atoms with Gasteiger partial charge in [0.15, 0.2) is 5.69 Å². The van der Waals surface area contributed by atoms with Crippen LogP contribution in [0.25, 0.3) is 0 Å². The van der Waals surface area contributed by atoms with E-state index >= 15 is 0 Å². The van der Waals surface area contributed by atoms with Crippen molar-refractivity contribution in [1.82, 2.24) is 9.97 Å². The Morgan fingerprint density at radius 3 is 2.53 bits per heavy atom. The quantitative estimate of drug-likeness (QED) is 0.703. The maximum Gasteiger partial charge on any atom is 0.414 e. The lowest BCUT2D eigenvalue weighted by Gasteiger charge is -2.42. The van der Waals surface area contributed by atoms with Crippen LogP contribution in [0, 0.1) is 0 Å². The van der Waals surface area contributed by atoms with Crippen LogP contribution in [0.2, 0.25) is 0 Å². The number of amides is 1. The van der Waals surface area contributed by atoms with E-state index in [0.29, 0.717) is 23.7 Å². The van der Waals surface area contributed by atoms with E-state index in [1.165, 1.54) is 18.3 Å². The van der Waals surface area contributed by atoms with E-state index in [4.69, 9.17) is 24.4 Å². The molecule has 3 atom stereocenters. The number of methoxy groups -OCH3 is 1. The van der Waals surface area contributed by atoms with Gasteiger partial charge in [0.1, 0.15) is 6.26 Å². The Bertz CT molecular complexity index is 914. The van der Waals surface area contributed by atoms with Gasteiger partial charge in [-0.25, -0.2) is 19.6 Å². The Morgan fingerprint density at radius 2 is 1.90 bits per heavy atom. The second-order valence-electron chi connectivity index (χ2n) is 6.65. The van der Waals surface area contributed by atoms with Crippen LogP contribution < -0.4 is 15.4 Å². The first-order valence-electron chi connectivity index (χ1n) is 9.85. The molecule has 2 N–H and O–H groups in total. The summed E-state index contributed by atoms with van der Waals surface area (Å²) in [5, 5.41) is 0. The molecule has 0 bridgehead atoms. The molecule has 2 aromatic heterocycles. The summed E-state index contributed by atoms with van der Waals surface area (Å²) in [6, 6.07) is 2.38. The number of hydrogen-bond donors (Lipinski definition) is 1. The summed E-state index contributed by atoms with van der Waals surface area (Å²) < 4.78 is 21.1. The largest absolute Gasteiger partial charge is 0.481 e. The summed E-state index contributed by atoms with van der Waals surface area (Å²) in [4.78, 5) is 35.1. The normalized spacial score (nSPS) is 20.4. The average molecular weight is 418 g/mol. The number of oxazole rings is 1. The van der Waals surface area contributed by atoms with Gasteiger partial charge >= 0.3 is 12.1 Å². The minimum absolute atomic E-state index is 0.0457. The number of hydrogen-bond acceptors (Lipinski definition) is 9. The van der Waals surface area contributed by atoms with Gasteiger partial charge in [0.05, 0.1) is 43.7 Å². The molecule has 3 heterocycles. The molecule has 162 valence electrons. The fourth-order valence-corrected chi connectivity index (χ4v) is 3.64. The minimum atomic E-state index is -0.611. The smallest absolute Gasteiger partial charge is 0.414 e. The third-order valence-electron chi connectivity index (χ3n) is 4.96. The number of carbonyl (C=O) groups excluding carboxylic acids is 2. The zero-order valence-electron chi connectivity index (χ0n) is 17.5. The van der Waals surface area contributed by atoms with Crippen LogP contribution in [0.3, 0.4) is 0 Å². The number of pyridine rings is 1. The summed E-state index contributed by atoms with van der Waals surface area (Å²) in [5.41, 5.74) is 7.63. The van der Waals surface area contributed by atoms with Gasteiger partial charge in [-0.05, 0) is 26.3 Å². The Balaban J connectivity index is 2.12. The lowest BCUT2D eigenvalue weighted by atomic mass is 9.83. The Hall–Kier alpha value is -3.14. The Kier molecular flexibility index (Phi) is 6.56. The van der Waals surface area contributed by atoms with Crippen molar-refractivity contribution < 1.29 is 28.2 Å². The molecule has 2 aromatic rings. The molecule has 10 nitrogen and oxygen atoms in total. The van der Waals surface area contributed by atoms with E-state index in [2.05, 4.69) is 9.97 Å². The van der Waals surface area contributed by atoms with Gasteiger partial charge in [0.25, 0.3) is 0 Å². The number of nitrogens with two attached hydrogens (primary N) is 1. The predicted octanol–water partition coefficient (Wildman–Crippen LogP) is 2.47. The van der Waals surface area contributed by atoms with Crippen molar-refractivity contribution in [2.45, 2.75) is 45.2 Å². The van der Waals surface area contributed by atoms with Gasteiger partial charge in [-0.15, -0.1) is 0 Å². The van der Waals surface area contributed by atoms with Crippen LogP contribution in [-0.2, 0) is 9.47 Å². The first-order valence-corrected chi connectivity index (χ1v) is 9.85. The Labute approximate surface area is 174 Å². The average Bonchev–Trinajstić information content (AvgIpc) is 3.22. The van der Waals surface area contributed by atoms with Crippen LogP contribution in [0.4, 0.5) is 10.5 Å². The highest BCUT2D eigenvalue weighted by Crippen LogP contribution is 2.42. The first kappa shape index (κ1) is 21.6. The molecule has 1 amide bonds. The van der Waals surface area contributed by atoms with E-state index < -0.39 is 30.1 Å². The van der Waals surface area contributed by atoms with E-state index in [1.54, 1.807) is 26.0 Å². The molecule has 0 fully saturated rings. The number of carbonyl (C=O) groups is 2. The predicted molar refractivity (Wildman–Crippen MR) is 107 cm³/mol. The zero-order valence-corrected chi connectivity index (χ0v) is 17.5. The van der Waals surface area contributed by atoms with Gasteiger partial charge < -0.3 is 24.4 Å². The van der Waals surface area contributed by atoms with Gasteiger partial charge in [0.2, 0.25) is 11.8 Å². The van der Waals surface area contributed by atoms with Crippen LogP contribution in [0.5, 0.6) is 5.88 Å². The van der Waals surface area contributed by atoms with E-state index in [9.17, 15) is 9.59 Å². The van der Waals surface area contributed by atoms with Gasteiger partial charge in [-0.3, -0.25) is 4.90 Å². The topological polar surface area (TPSA) is 130 Å². The summed E-state index contributed by atoms with van der Waals surface area (Å²) in [6.07, 6.45) is 1.29. The van der Waals surface area contributed by atoms with Crippen molar-refractivity contribution >= 4 is 17.7 Å². The van der Waals surface area contributed by atoms with Crippen molar-refractivity contribution in [1.29, 1.82) is 0 Å². The molecular weight excluding hydrogens is 392 g/mol. The monoisotopic (exact) mass is 418 g/mol. The third kappa shape index (κ3) is 3.82. The number of rotatable bonds is 6. The van der Waals surface area contributed by atoms with E-state index in [-0.39, 0.29) is 24.8 Å². The molecular formula is C20H26N4O6. The highest BCUT2D eigenvalue weighted by molar-refractivity contribution is 5.90. The SMILES string of the molecule is CCOC(=O)c1coc(C2c3nc(OC)ccc3N(C(=O)OCC)C(CC)C2N)n1. The van der Waals surface area contributed by atoms with Crippen LogP contribution >= 0.6 is 0 Å². The summed E-state index contributed by atoms with van der Waals surface area (Å²) in [5.74, 6) is -0.624. The molecule has 30 heavy (non-hydrogen) atoms. The summed E-state index contributed by atoms with van der Waals surface area (Å²) in [7, 11) is 1.49. The number of aromatic nitrogens is 2. The van der Waals surface area contributed by atoms with Crippen molar-refractivity contribution in [3.63, 3.8) is 0 Å². The number of nitrogens with zero attached hydrogens (tertiary/aromatic N) is 3.